The van der Waals surface area contributed by atoms with Crippen LogP contribution in [0.5, 0.6) is 0 Å². The summed E-state index contributed by atoms with van der Waals surface area (Å²) in [6, 6.07) is 0.114. The fraction of sp³-hybridized carbons (Fsp3) is 0.900. The van der Waals surface area contributed by atoms with Gasteiger partial charge >= 0.3 is 0 Å². The van der Waals surface area contributed by atoms with Crippen molar-refractivity contribution in [3.05, 3.63) is 0 Å². The predicted molar refractivity (Wildman–Crippen MR) is 54.4 cm³/mol. The number of aliphatic hydroxyl groups is 1. The zero-order valence-electron chi connectivity index (χ0n) is 9.19. The first-order valence-electron chi connectivity index (χ1n) is 5.30. The van der Waals surface area contributed by atoms with Crippen molar-refractivity contribution in [1.82, 2.24) is 10.2 Å². The molecule has 2 unspecified atom stereocenters. The van der Waals surface area contributed by atoms with Gasteiger partial charge in [-0.1, -0.05) is 0 Å². The molecular formula is C10H18N2O3. The van der Waals surface area contributed by atoms with Gasteiger partial charge in [0.2, 0.25) is 5.91 Å². The normalized spacial score (nSPS) is 33.9. The van der Waals surface area contributed by atoms with Gasteiger partial charge in [-0.3, -0.25) is 4.79 Å². The Bertz CT molecular complexity index is 259. The Morgan fingerprint density at radius 2 is 2.20 bits per heavy atom. The molecular weight excluding hydrogens is 196 g/mol. The Balaban J connectivity index is 1.91. The van der Waals surface area contributed by atoms with Crippen LogP contribution in [-0.2, 0) is 9.53 Å². The maximum Gasteiger partial charge on any atom is 0.229 e. The Labute approximate surface area is 89.4 Å². The quantitative estimate of drug-likeness (QED) is 0.607. The number of β-amino-alcohol motifs (C(OH)–C–C–N with tert-alkyl or cyclic N) is 1. The highest BCUT2D eigenvalue weighted by molar-refractivity contribution is 5.81. The van der Waals surface area contributed by atoms with Crippen LogP contribution in [0.15, 0.2) is 0 Å². The van der Waals surface area contributed by atoms with Crippen LogP contribution >= 0.6 is 0 Å². The first-order valence-corrected chi connectivity index (χ1v) is 5.30. The molecule has 0 saturated carbocycles. The van der Waals surface area contributed by atoms with E-state index in [9.17, 15) is 9.90 Å². The lowest BCUT2D eigenvalue weighted by atomic mass is 9.93. The molecule has 5 heteroatoms. The smallest absolute Gasteiger partial charge is 0.229 e. The molecule has 2 saturated heterocycles. The van der Waals surface area contributed by atoms with E-state index in [1.165, 1.54) is 0 Å². The number of likely N-dealkylation sites (tertiary alicyclic amines) is 1. The van der Waals surface area contributed by atoms with Crippen molar-refractivity contribution >= 4 is 5.91 Å². The third-order valence-corrected chi connectivity index (χ3v) is 3.14. The van der Waals surface area contributed by atoms with E-state index >= 15 is 0 Å². The highest BCUT2D eigenvalue weighted by Crippen LogP contribution is 2.25. The fourth-order valence-corrected chi connectivity index (χ4v) is 2.25. The minimum absolute atomic E-state index is 0.0916. The lowest BCUT2D eigenvalue weighted by Gasteiger charge is -2.45. The predicted octanol–water partition coefficient (Wildman–Crippen LogP) is -1.19. The molecule has 2 N–H and O–H groups in total. The third-order valence-electron chi connectivity index (χ3n) is 3.14. The number of carbonyl (C=O) groups excluding carboxylic acids is 1. The van der Waals surface area contributed by atoms with Crippen molar-refractivity contribution in [3.63, 3.8) is 0 Å². The minimum Gasteiger partial charge on any atom is -0.386 e. The monoisotopic (exact) mass is 214 g/mol. The van der Waals surface area contributed by atoms with E-state index in [2.05, 4.69) is 5.32 Å². The average molecular weight is 214 g/mol. The number of hydrogen-bond acceptors (Lipinski definition) is 4. The van der Waals surface area contributed by atoms with E-state index in [1.807, 2.05) is 7.05 Å². The molecule has 5 nitrogen and oxygen atoms in total. The molecule has 0 aromatic carbocycles. The standard InChI is InChI=1S/C10H18N2O3/c1-10(14)5-12(6-10)9(13)7-3-15-4-8(7)11-2/h7-8,11,14H,3-6H2,1-2H3. The van der Waals surface area contributed by atoms with Gasteiger partial charge in [0.25, 0.3) is 0 Å². The van der Waals surface area contributed by atoms with Gasteiger partial charge in [-0.25, -0.2) is 0 Å². The van der Waals surface area contributed by atoms with Crippen molar-refractivity contribution in [2.45, 2.75) is 18.6 Å². The number of hydrogen-bond donors (Lipinski definition) is 2. The molecule has 2 rings (SSSR count). The van der Waals surface area contributed by atoms with E-state index < -0.39 is 5.60 Å². The molecule has 0 aromatic heterocycles. The summed E-state index contributed by atoms with van der Waals surface area (Å²) in [4.78, 5) is 13.7. The number of rotatable bonds is 2. The SMILES string of the molecule is CNC1COCC1C(=O)N1CC(C)(O)C1. The highest BCUT2D eigenvalue weighted by atomic mass is 16.5. The molecule has 2 aliphatic rings. The molecule has 2 heterocycles. The molecule has 2 aliphatic heterocycles. The van der Waals surface area contributed by atoms with Crippen LogP contribution in [0, 0.1) is 5.92 Å². The summed E-state index contributed by atoms with van der Waals surface area (Å²) in [5, 5.41) is 12.6. The van der Waals surface area contributed by atoms with Crippen LogP contribution in [0.2, 0.25) is 0 Å². The van der Waals surface area contributed by atoms with Crippen LogP contribution in [-0.4, -0.2) is 60.9 Å². The van der Waals surface area contributed by atoms with Gasteiger partial charge in [0.15, 0.2) is 0 Å². The van der Waals surface area contributed by atoms with Crippen LogP contribution in [0.25, 0.3) is 0 Å². The molecule has 0 aromatic rings. The minimum atomic E-state index is -0.690. The van der Waals surface area contributed by atoms with E-state index in [0.717, 1.165) is 0 Å². The molecule has 86 valence electrons. The molecule has 1 amide bonds. The van der Waals surface area contributed by atoms with Crippen molar-refractivity contribution in [1.29, 1.82) is 0 Å². The van der Waals surface area contributed by atoms with E-state index in [-0.39, 0.29) is 17.9 Å². The first-order chi connectivity index (χ1) is 7.03. The maximum atomic E-state index is 12.0. The van der Waals surface area contributed by atoms with E-state index in [0.29, 0.717) is 26.3 Å². The summed E-state index contributed by atoms with van der Waals surface area (Å²) in [6.07, 6.45) is 0. The number of nitrogens with zero attached hydrogens (tertiary/aromatic N) is 1. The second-order valence-electron chi connectivity index (χ2n) is 4.73. The van der Waals surface area contributed by atoms with Crippen LogP contribution < -0.4 is 5.32 Å². The van der Waals surface area contributed by atoms with Crippen molar-refractivity contribution in [2.24, 2.45) is 5.92 Å². The first kappa shape index (κ1) is 10.9. The molecule has 2 fully saturated rings. The van der Waals surface area contributed by atoms with Crippen LogP contribution in [0.1, 0.15) is 6.92 Å². The summed E-state index contributed by atoms with van der Waals surface area (Å²) < 4.78 is 5.28. The Morgan fingerprint density at radius 1 is 1.53 bits per heavy atom. The fourth-order valence-electron chi connectivity index (χ4n) is 2.25. The summed E-state index contributed by atoms with van der Waals surface area (Å²) in [5.41, 5.74) is -0.690. The molecule has 0 radical (unpaired) electrons. The van der Waals surface area contributed by atoms with Gasteiger partial charge in [-0.05, 0) is 14.0 Å². The van der Waals surface area contributed by atoms with Crippen molar-refractivity contribution in [3.8, 4) is 0 Å². The molecule has 0 bridgehead atoms. The third kappa shape index (κ3) is 2.00. The van der Waals surface area contributed by atoms with E-state index in [4.69, 9.17) is 4.74 Å². The Hall–Kier alpha value is -0.650. The van der Waals surface area contributed by atoms with Gasteiger partial charge < -0.3 is 20.1 Å². The summed E-state index contributed by atoms with van der Waals surface area (Å²) in [6.45, 7) is 3.72. The highest BCUT2D eigenvalue weighted by Gasteiger charge is 2.44. The van der Waals surface area contributed by atoms with Gasteiger partial charge in [0.05, 0.1) is 37.8 Å². The number of likely N-dealkylation sites (N-methyl/N-ethyl adjacent to an activating group) is 1. The lowest BCUT2D eigenvalue weighted by molar-refractivity contribution is -0.157. The summed E-state index contributed by atoms with van der Waals surface area (Å²) in [5.74, 6) is 0.00414. The van der Waals surface area contributed by atoms with Crippen molar-refractivity contribution < 1.29 is 14.6 Å². The summed E-state index contributed by atoms with van der Waals surface area (Å²) in [7, 11) is 1.84. The molecule has 15 heavy (non-hydrogen) atoms. The van der Waals surface area contributed by atoms with Gasteiger partial charge in [-0.15, -0.1) is 0 Å². The second kappa shape index (κ2) is 3.73. The second-order valence-corrected chi connectivity index (χ2v) is 4.73. The number of ether oxygens (including phenoxy) is 1. The van der Waals surface area contributed by atoms with Crippen molar-refractivity contribution in [2.75, 3.05) is 33.4 Å². The van der Waals surface area contributed by atoms with Crippen LogP contribution in [0.3, 0.4) is 0 Å². The van der Waals surface area contributed by atoms with Gasteiger partial charge in [0, 0.05) is 6.04 Å². The Morgan fingerprint density at radius 3 is 2.73 bits per heavy atom. The topological polar surface area (TPSA) is 61.8 Å². The van der Waals surface area contributed by atoms with Gasteiger partial charge in [-0.2, -0.15) is 0 Å². The Kier molecular flexibility index (Phi) is 2.70. The molecule has 0 aliphatic carbocycles. The summed E-state index contributed by atoms with van der Waals surface area (Å²) >= 11 is 0. The van der Waals surface area contributed by atoms with E-state index in [1.54, 1.807) is 11.8 Å². The lowest BCUT2D eigenvalue weighted by Crippen LogP contribution is -2.63. The largest absolute Gasteiger partial charge is 0.386 e. The van der Waals surface area contributed by atoms with Crippen LogP contribution in [0.4, 0.5) is 0 Å². The molecule has 2 atom stereocenters. The zero-order chi connectivity index (χ0) is 11.1. The number of amides is 1. The zero-order valence-corrected chi connectivity index (χ0v) is 9.19. The molecule has 0 spiro atoms. The number of nitrogens with one attached hydrogen (secondary N) is 1. The van der Waals surface area contributed by atoms with Gasteiger partial charge in [0.1, 0.15) is 0 Å². The average Bonchev–Trinajstić information content (AvgIpc) is 2.60. The number of carbonyl (C=O) groups is 1. The maximum absolute atomic E-state index is 12.0.